The van der Waals surface area contributed by atoms with Gasteiger partial charge in [0.25, 0.3) is 0 Å². The monoisotopic (exact) mass is 260 g/mol. The highest BCUT2D eigenvalue weighted by atomic mass is 32.2. The minimum absolute atomic E-state index is 0.0627. The van der Waals surface area contributed by atoms with Crippen molar-refractivity contribution >= 4 is 17.8 Å². The molecule has 1 fully saturated rings. The van der Waals surface area contributed by atoms with Crippen molar-refractivity contribution in [1.82, 2.24) is 10.6 Å². The third kappa shape index (κ3) is 5.64. The van der Waals surface area contributed by atoms with E-state index in [9.17, 15) is 9.90 Å². The van der Waals surface area contributed by atoms with Crippen LogP contribution in [0.2, 0.25) is 0 Å². The molecule has 2 amide bonds. The van der Waals surface area contributed by atoms with Gasteiger partial charge in [0.15, 0.2) is 0 Å². The maximum atomic E-state index is 11.7. The number of carbonyl (C=O) groups excluding carboxylic acids is 1. The van der Waals surface area contributed by atoms with Gasteiger partial charge in [0.05, 0.1) is 6.10 Å². The molecular formula is C12H24N2O2S. The van der Waals surface area contributed by atoms with E-state index in [4.69, 9.17) is 0 Å². The molecule has 1 aliphatic carbocycles. The van der Waals surface area contributed by atoms with Crippen LogP contribution in [0.25, 0.3) is 0 Å². The van der Waals surface area contributed by atoms with E-state index >= 15 is 0 Å². The first-order chi connectivity index (χ1) is 8.15. The van der Waals surface area contributed by atoms with E-state index in [-0.39, 0.29) is 24.2 Å². The van der Waals surface area contributed by atoms with Crippen molar-refractivity contribution in [3.8, 4) is 0 Å². The van der Waals surface area contributed by atoms with Crippen LogP contribution in [0.15, 0.2) is 0 Å². The molecule has 0 aromatic rings. The van der Waals surface area contributed by atoms with Crippen LogP contribution in [-0.4, -0.2) is 41.3 Å². The maximum Gasteiger partial charge on any atom is 0.315 e. The minimum atomic E-state index is -0.170. The van der Waals surface area contributed by atoms with Gasteiger partial charge in [-0.2, -0.15) is 11.8 Å². The quantitative estimate of drug-likeness (QED) is 0.705. The van der Waals surface area contributed by atoms with Crippen LogP contribution in [0, 0.1) is 0 Å². The van der Waals surface area contributed by atoms with E-state index < -0.39 is 0 Å². The van der Waals surface area contributed by atoms with Gasteiger partial charge in [0, 0.05) is 17.8 Å². The number of amides is 2. The van der Waals surface area contributed by atoms with Gasteiger partial charge in [-0.05, 0) is 38.4 Å². The number of urea groups is 1. The second-order valence-corrected chi connectivity index (χ2v) is 5.59. The lowest BCUT2D eigenvalue weighted by Gasteiger charge is -2.27. The van der Waals surface area contributed by atoms with Crippen LogP contribution in [0.1, 0.15) is 39.0 Å². The maximum absolute atomic E-state index is 11.7. The lowest BCUT2D eigenvalue weighted by atomic mass is 9.93. The number of aliphatic hydroxyl groups is 1. The summed E-state index contributed by atoms with van der Waals surface area (Å²) < 4.78 is 0. The number of carbonyl (C=O) groups is 1. The summed E-state index contributed by atoms with van der Waals surface area (Å²) in [5.41, 5.74) is 0. The first-order valence-corrected chi connectivity index (χ1v) is 7.79. The van der Waals surface area contributed by atoms with Gasteiger partial charge in [-0.15, -0.1) is 0 Å². The average Bonchev–Trinajstić information content (AvgIpc) is 2.31. The number of nitrogens with one attached hydrogen (secondary N) is 2. The predicted octanol–water partition coefficient (Wildman–Crippen LogP) is 1.73. The summed E-state index contributed by atoms with van der Waals surface area (Å²) in [4.78, 5) is 11.7. The first kappa shape index (κ1) is 14.6. The average molecular weight is 260 g/mol. The Morgan fingerprint density at radius 3 is 2.59 bits per heavy atom. The van der Waals surface area contributed by atoms with E-state index in [1.165, 1.54) is 0 Å². The number of thioether (sulfide) groups is 1. The Morgan fingerprint density at radius 2 is 2.06 bits per heavy atom. The molecule has 0 aromatic heterocycles. The van der Waals surface area contributed by atoms with E-state index in [0.717, 1.165) is 37.9 Å². The normalized spacial score (nSPS) is 26.3. The molecule has 1 rings (SSSR count). The molecule has 17 heavy (non-hydrogen) atoms. The standard InChI is InChI=1S/C12H24N2O2S/c1-3-9(8-17-2)13-12(16)14-10-4-6-11(15)7-5-10/h9-11,15H,3-8H2,1-2H3,(H2,13,14,16). The topological polar surface area (TPSA) is 61.4 Å². The van der Waals surface area contributed by atoms with Crippen molar-refractivity contribution in [3.05, 3.63) is 0 Å². The van der Waals surface area contributed by atoms with Crippen molar-refractivity contribution in [1.29, 1.82) is 0 Å². The van der Waals surface area contributed by atoms with Gasteiger partial charge in [-0.1, -0.05) is 6.92 Å². The molecule has 0 heterocycles. The smallest absolute Gasteiger partial charge is 0.315 e. The molecular weight excluding hydrogens is 236 g/mol. The predicted molar refractivity (Wildman–Crippen MR) is 72.4 cm³/mol. The third-order valence-electron chi connectivity index (χ3n) is 3.23. The van der Waals surface area contributed by atoms with Crippen LogP contribution >= 0.6 is 11.8 Å². The summed E-state index contributed by atoms with van der Waals surface area (Å²) in [7, 11) is 0. The molecule has 0 radical (unpaired) electrons. The fourth-order valence-electron chi connectivity index (χ4n) is 2.10. The van der Waals surface area contributed by atoms with E-state index in [1.54, 1.807) is 11.8 Å². The number of rotatable bonds is 5. The van der Waals surface area contributed by atoms with E-state index in [0.29, 0.717) is 0 Å². The Hall–Kier alpha value is -0.420. The van der Waals surface area contributed by atoms with Gasteiger partial charge >= 0.3 is 6.03 Å². The largest absolute Gasteiger partial charge is 0.393 e. The molecule has 4 nitrogen and oxygen atoms in total. The van der Waals surface area contributed by atoms with Crippen LogP contribution in [0.4, 0.5) is 4.79 Å². The molecule has 3 N–H and O–H groups in total. The van der Waals surface area contributed by atoms with Crippen molar-refractivity contribution < 1.29 is 9.90 Å². The molecule has 1 saturated carbocycles. The molecule has 0 aromatic carbocycles. The molecule has 0 spiro atoms. The van der Waals surface area contributed by atoms with Gasteiger partial charge in [0.2, 0.25) is 0 Å². The molecule has 1 atom stereocenters. The van der Waals surface area contributed by atoms with Crippen LogP contribution in [-0.2, 0) is 0 Å². The highest BCUT2D eigenvalue weighted by Crippen LogP contribution is 2.18. The molecule has 100 valence electrons. The molecule has 5 heteroatoms. The summed E-state index contributed by atoms with van der Waals surface area (Å²) in [6, 6.07) is 0.414. The Labute approximate surface area is 108 Å². The second-order valence-electron chi connectivity index (χ2n) is 4.68. The number of aliphatic hydroxyl groups excluding tert-OH is 1. The summed E-state index contributed by atoms with van der Waals surface area (Å²) >= 11 is 1.75. The fourth-order valence-corrected chi connectivity index (χ4v) is 2.82. The highest BCUT2D eigenvalue weighted by molar-refractivity contribution is 7.98. The Morgan fingerprint density at radius 1 is 1.41 bits per heavy atom. The minimum Gasteiger partial charge on any atom is -0.393 e. The van der Waals surface area contributed by atoms with E-state index in [2.05, 4.69) is 17.6 Å². The van der Waals surface area contributed by atoms with Crippen molar-refractivity contribution in [2.24, 2.45) is 0 Å². The van der Waals surface area contributed by atoms with Crippen LogP contribution in [0.5, 0.6) is 0 Å². The van der Waals surface area contributed by atoms with Gasteiger partial charge in [-0.3, -0.25) is 0 Å². The zero-order valence-electron chi connectivity index (χ0n) is 10.7. The number of hydrogen-bond donors (Lipinski definition) is 3. The first-order valence-electron chi connectivity index (χ1n) is 6.39. The third-order valence-corrected chi connectivity index (χ3v) is 3.96. The molecule has 1 aliphatic rings. The van der Waals surface area contributed by atoms with Crippen molar-refractivity contribution in [2.45, 2.75) is 57.2 Å². The molecule has 0 aliphatic heterocycles. The fraction of sp³-hybridized carbons (Fsp3) is 0.917. The highest BCUT2D eigenvalue weighted by Gasteiger charge is 2.21. The van der Waals surface area contributed by atoms with Crippen molar-refractivity contribution in [2.75, 3.05) is 12.0 Å². The summed E-state index contributed by atoms with van der Waals surface area (Å²) in [6.45, 7) is 2.08. The zero-order valence-corrected chi connectivity index (χ0v) is 11.6. The number of hydrogen-bond acceptors (Lipinski definition) is 3. The van der Waals surface area contributed by atoms with Gasteiger partial charge in [-0.25, -0.2) is 4.79 Å². The molecule has 0 bridgehead atoms. The molecule has 0 saturated heterocycles. The summed E-state index contributed by atoms with van der Waals surface area (Å²) in [5, 5.41) is 15.4. The van der Waals surface area contributed by atoms with E-state index in [1.807, 2.05) is 6.26 Å². The van der Waals surface area contributed by atoms with Crippen LogP contribution < -0.4 is 10.6 Å². The summed E-state index contributed by atoms with van der Waals surface area (Å²) in [5.74, 6) is 0.952. The Balaban J connectivity index is 2.24. The Kier molecular flexibility index (Phi) is 6.73. The Bertz CT molecular complexity index is 231. The lowest BCUT2D eigenvalue weighted by molar-refractivity contribution is 0.117. The lowest BCUT2D eigenvalue weighted by Crippen LogP contribution is -2.48. The van der Waals surface area contributed by atoms with Crippen molar-refractivity contribution in [3.63, 3.8) is 0 Å². The molecule has 1 unspecified atom stereocenters. The summed E-state index contributed by atoms with van der Waals surface area (Å²) in [6.07, 6.45) is 6.19. The zero-order chi connectivity index (χ0) is 12.7. The van der Waals surface area contributed by atoms with Gasteiger partial charge in [0.1, 0.15) is 0 Å². The van der Waals surface area contributed by atoms with Crippen LogP contribution in [0.3, 0.4) is 0 Å². The van der Waals surface area contributed by atoms with Gasteiger partial charge < -0.3 is 15.7 Å². The SMILES string of the molecule is CCC(CSC)NC(=O)NC1CCC(O)CC1. The second kappa shape index (κ2) is 7.82.